The maximum absolute atomic E-state index is 12.1. The van der Waals surface area contributed by atoms with Gasteiger partial charge in [-0.05, 0) is 57.2 Å². The Balaban J connectivity index is 1.39. The van der Waals surface area contributed by atoms with Gasteiger partial charge in [0, 0.05) is 30.1 Å². The molecule has 6 heteroatoms. The van der Waals surface area contributed by atoms with Gasteiger partial charge in [-0.2, -0.15) is 0 Å². The molecule has 0 spiro atoms. The molecule has 1 aromatic carbocycles. The summed E-state index contributed by atoms with van der Waals surface area (Å²) in [4.78, 5) is 23.6. The Bertz CT molecular complexity index is 649. The molecule has 2 saturated heterocycles. The Morgan fingerprint density at radius 1 is 1.19 bits per heavy atom. The van der Waals surface area contributed by atoms with Gasteiger partial charge in [-0.25, -0.2) is 0 Å². The quantitative estimate of drug-likeness (QED) is 0.550. The summed E-state index contributed by atoms with van der Waals surface area (Å²) in [5.74, 6) is 1.21. The lowest BCUT2D eigenvalue weighted by Gasteiger charge is -2.29. The molecule has 2 N–H and O–H groups in total. The number of hydrogen-bond donors (Lipinski definition) is 2. The Morgan fingerprint density at radius 2 is 1.92 bits per heavy atom. The summed E-state index contributed by atoms with van der Waals surface area (Å²) < 4.78 is 11.0. The number of rotatable bonds is 8. The number of fused-ring (bicyclic) bond motifs is 2. The van der Waals surface area contributed by atoms with E-state index in [1.54, 1.807) is 25.3 Å². The molecule has 1 aromatic rings. The van der Waals surface area contributed by atoms with Gasteiger partial charge >= 0.3 is 0 Å². The third kappa shape index (κ3) is 4.75. The molecule has 2 heterocycles. The summed E-state index contributed by atoms with van der Waals surface area (Å²) in [6.07, 6.45) is 5.63. The van der Waals surface area contributed by atoms with Crippen molar-refractivity contribution >= 4 is 11.7 Å². The van der Waals surface area contributed by atoms with Crippen LogP contribution in [-0.4, -0.2) is 43.5 Å². The minimum absolute atomic E-state index is 0.0159. The van der Waals surface area contributed by atoms with Gasteiger partial charge in [0.25, 0.3) is 0 Å². The monoisotopic (exact) mass is 360 g/mol. The highest BCUT2D eigenvalue weighted by atomic mass is 16.5. The Labute approximate surface area is 154 Å². The van der Waals surface area contributed by atoms with E-state index >= 15 is 0 Å². The zero-order valence-corrected chi connectivity index (χ0v) is 15.5. The fourth-order valence-corrected chi connectivity index (χ4v) is 3.90. The molecule has 0 aliphatic carbocycles. The van der Waals surface area contributed by atoms with E-state index in [2.05, 4.69) is 10.6 Å². The van der Waals surface area contributed by atoms with E-state index in [0.717, 1.165) is 12.8 Å². The largest absolute Gasteiger partial charge is 0.493 e. The number of carbonyl (C=O) groups is 2. The number of hydrogen-bond acceptors (Lipinski definition) is 5. The average Bonchev–Trinajstić information content (AvgIpc) is 2.97. The molecule has 0 aromatic heterocycles. The summed E-state index contributed by atoms with van der Waals surface area (Å²) in [5.41, 5.74) is 0.588. The number of methoxy groups -OCH3 is 1. The second-order valence-corrected chi connectivity index (χ2v) is 7.25. The number of Topliss-reactive ketones (excluding diaryl/α,β-unsaturated/α-hetero) is 1. The number of piperidine rings is 1. The van der Waals surface area contributed by atoms with Gasteiger partial charge in [-0.15, -0.1) is 0 Å². The van der Waals surface area contributed by atoms with E-state index in [-0.39, 0.29) is 11.7 Å². The van der Waals surface area contributed by atoms with Gasteiger partial charge in [0.2, 0.25) is 5.91 Å². The zero-order valence-electron chi connectivity index (χ0n) is 15.5. The minimum atomic E-state index is -0.0159. The van der Waals surface area contributed by atoms with Crippen molar-refractivity contribution in [2.45, 2.75) is 63.6 Å². The number of ether oxygens (including phenoxy) is 2. The van der Waals surface area contributed by atoms with E-state index in [4.69, 9.17) is 9.47 Å². The zero-order chi connectivity index (χ0) is 18.5. The van der Waals surface area contributed by atoms with Gasteiger partial charge in [0.05, 0.1) is 13.7 Å². The highest BCUT2D eigenvalue weighted by Gasteiger charge is 2.33. The summed E-state index contributed by atoms with van der Waals surface area (Å²) in [7, 11) is 1.55. The minimum Gasteiger partial charge on any atom is -0.493 e. The fourth-order valence-electron chi connectivity index (χ4n) is 3.90. The average molecular weight is 360 g/mol. The maximum Gasteiger partial charge on any atom is 0.220 e. The third-order valence-electron chi connectivity index (χ3n) is 5.21. The SMILES string of the molecule is COc1cc(C(C)=O)ccc1OCCCC(=O)NC1CC2CCC(C1)N2. The predicted molar refractivity (Wildman–Crippen MR) is 98.8 cm³/mol. The number of benzene rings is 1. The molecule has 26 heavy (non-hydrogen) atoms. The first kappa shape index (κ1) is 18.7. The fraction of sp³-hybridized carbons (Fsp3) is 0.600. The first-order chi connectivity index (χ1) is 12.5. The normalized spacial score (nSPS) is 24.2. The van der Waals surface area contributed by atoms with Crippen molar-refractivity contribution < 1.29 is 19.1 Å². The van der Waals surface area contributed by atoms with E-state index in [1.165, 1.54) is 19.8 Å². The van der Waals surface area contributed by atoms with Crippen LogP contribution in [0, 0.1) is 0 Å². The summed E-state index contributed by atoms with van der Waals surface area (Å²) in [5, 5.41) is 6.75. The summed E-state index contributed by atoms with van der Waals surface area (Å²) in [6.45, 7) is 1.95. The van der Waals surface area contributed by atoms with Crippen LogP contribution >= 0.6 is 0 Å². The first-order valence-corrected chi connectivity index (χ1v) is 9.42. The van der Waals surface area contributed by atoms with Crippen LogP contribution in [0.25, 0.3) is 0 Å². The van der Waals surface area contributed by atoms with Crippen LogP contribution in [0.3, 0.4) is 0 Å². The molecule has 0 saturated carbocycles. The lowest BCUT2D eigenvalue weighted by molar-refractivity contribution is -0.122. The van der Waals surface area contributed by atoms with Crippen LogP contribution in [0.5, 0.6) is 11.5 Å². The van der Waals surface area contributed by atoms with Gasteiger partial charge < -0.3 is 20.1 Å². The second-order valence-electron chi connectivity index (χ2n) is 7.25. The van der Waals surface area contributed by atoms with E-state index in [1.807, 2.05) is 0 Å². The standard InChI is InChI=1S/C20H28N2O4/c1-13(23)14-5-8-18(19(10-14)25-2)26-9-3-4-20(24)22-17-11-15-6-7-16(12-17)21-15/h5,8,10,15-17,21H,3-4,6-7,9,11-12H2,1-2H3,(H,22,24). The van der Waals surface area contributed by atoms with Crippen molar-refractivity contribution in [3.63, 3.8) is 0 Å². The number of nitrogens with one attached hydrogen (secondary N) is 2. The molecular weight excluding hydrogens is 332 g/mol. The van der Waals surface area contributed by atoms with Crippen molar-refractivity contribution in [3.8, 4) is 11.5 Å². The second kappa shape index (κ2) is 8.54. The molecule has 2 unspecified atom stereocenters. The lowest BCUT2D eigenvalue weighted by atomic mass is 9.99. The third-order valence-corrected chi connectivity index (χ3v) is 5.21. The van der Waals surface area contributed by atoms with Crippen molar-refractivity contribution in [1.29, 1.82) is 0 Å². The Morgan fingerprint density at radius 3 is 2.58 bits per heavy atom. The Kier molecular flexibility index (Phi) is 6.14. The molecule has 6 nitrogen and oxygen atoms in total. The predicted octanol–water partition coefficient (Wildman–Crippen LogP) is 2.46. The van der Waals surface area contributed by atoms with Crippen LogP contribution in [0.15, 0.2) is 18.2 Å². The molecule has 2 aliphatic rings. The van der Waals surface area contributed by atoms with E-state index in [9.17, 15) is 9.59 Å². The van der Waals surface area contributed by atoms with Crippen molar-refractivity contribution in [2.75, 3.05) is 13.7 Å². The molecule has 0 radical (unpaired) electrons. The van der Waals surface area contributed by atoms with Gasteiger partial charge in [-0.1, -0.05) is 0 Å². The molecular formula is C20H28N2O4. The number of carbonyl (C=O) groups excluding carboxylic acids is 2. The molecule has 1 amide bonds. The van der Waals surface area contributed by atoms with Crippen LogP contribution < -0.4 is 20.1 Å². The topological polar surface area (TPSA) is 76.7 Å². The molecule has 142 valence electrons. The number of amides is 1. The Hall–Kier alpha value is -2.08. The molecule has 2 aliphatic heterocycles. The van der Waals surface area contributed by atoms with Crippen molar-refractivity contribution in [2.24, 2.45) is 0 Å². The van der Waals surface area contributed by atoms with Gasteiger partial charge in [0.15, 0.2) is 17.3 Å². The lowest BCUT2D eigenvalue weighted by Crippen LogP contribution is -2.48. The van der Waals surface area contributed by atoms with E-state index < -0.39 is 0 Å². The van der Waals surface area contributed by atoms with Crippen LogP contribution in [-0.2, 0) is 4.79 Å². The summed E-state index contributed by atoms with van der Waals surface area (Å²) >= 11 is 0. The van der Waals surface area contributed by atoms with Crippen LogP contribution in [0.1, 0.15) is 55.8 Å². The van der Waals surface area contributed by atoms with Crippen LogP contribution in [0.4, 0.5) is 0 Å². The van der Waals surface area contributed by atoms with Gasteiger partial charge in [0.1, 0.15) is 0 Å². The van der Waals surface area contributed by atoms with Crippen molar-refractivity contribution in [3.05, 3.63) is 23.8 Å². The maximum atomic E-state index is 12.1. The highest BCUT2D eigenvalue weighted by Crippen LogP contribution is 2.29. The van der Waals surface area contributed by atoms with Crippen molar-refractivity contribution in [1.82, 2.24) is 10.6 Å². The summed E-state index contributed by atoms with van der Waals surface area (Å²) in [6, 6.07) is 6.59. The molecule has 2 bridgehead atoms. The smallest absolute Gasteiger partial charge is 0.220 e. The highest BCUT2D eigenvalue weighted by molar-refractivity contribution is 5.94. The molecule has 2 fully saturated rings. The molecule has 2 atom stereocenters. The van der Waals surface area contributed by atoms with Crippen LogP contribution in [0.2, 0.25) is 0 Å². The number of ketones is 1. The first-order valence-electron chi connectivity index (χ1n) is 9.42. The molecule has 3 rings (SSSR count). The van der Waals surface area contributed by atoms with Gasteiger partial charge in [-0.3, -0.25) is 9.59 Å². The van der Waals surface area contributed by atoms with E-state index in [0.29, 0.717) is 54.6 Å².